The van der Waals surface area contributed by atoms with Crippen LogP contribution in [0.1, 0.15) is 16.1 Å². The van der Waals surface area contributed by atoms with Gasteiger partial charge in [-0.3, -0.25) is 15.3 Å². The second-order valence-corrected chi connectivity index (χ2v) is 3.85. The second kappa shape index (κ2) is 5.33. The molecule has 0 saturated carbocycles. The predicted octanol–water partition coefficient (Wildman–Crippen LogP) is 0.636. The van der Waals surface area contributed by atoms with Gasteiger partial charge in [0.05, 0.1) is 12.2 Å². The Morgan fingerprint density at radius 1 is 1.33 bits per heavy atom. The summed E-state index contributed by atoms with van der Waals surface area (Å²) in [7, 11) is 1.84. The quantitative estimate of drug-likeness (QED) is 0.545. The molecule has 1 heterocycles. The van der Waals surface area contributed by atoms with Gasteiger partial charge in [-0.2, -0.15) is 5.10 Å². The van der Waals surface area contributed by atoms with Crippen LogP contribution in [0.4, 0.5) is 5.69 Å². The number of rotatable bonds is 4. The zero-order valence-corrected chi connectivity index (χ0v) is 10.1. The molecule has 0 unspecified atom stereocenters. The Bertz CT molecular complexity index is 532. The van der Waals surface area contributed by atoms with Crippen molar-refractivity contribution in [3.8, 4) is 0 Å². The number of anilines is 1. The molecular weight excluding hydrogens is 230 g/mol. The molecule has 0 saturated heterocycles. The van der Waals surface area contributed by atoms with Crippen molar-refractivity contribution in [2.45, 2.75) is 6.54 Å². The minimum Gasteiger partial charge on any atom is -0.346 e. The summed E-state index contributed by atoms with van der Waals surface area (Å²) in [5.41, 5.74) is 4.82. The maximum Gasteiger partial charge on any atom is 0.251 e. The molecule has 1 aromatic heterocycles. The van der Waals surface area contributed by atoms with Gasteiger partial charge in [-0.1, -0.05) is 0 Å². The molecule has 0 aliphatic carbocycles. The number of aromatic nitrogens is 2. The highest BCUT2D eigenvalue weighted by atomic mass is 16.1. The first-order valence-electron chi connectivity index (χ1n) is 5.52. The van der Waals surface area contributed by atoms with E-state index in [0.29, 0.717) is 12.1 Å². The number of aryl methyl sites for hydroxylation is 1. The number of benzene rings is 1. The van der Waals surface area contributed by atoms with Gasteiger partial charge < -0.3 is 10.7 Å². The molecule has 1 aromatic carbocycles. The first-order valence-corrected chi connectivity index (χ1v) is 5.52. The third kappa shape index (κ3) is 2.67. The fourth-order valence-corrected chi connectivity index (χ4v) is 1.57. The summed E-state index contributed by atoms with van der Waals surface area (Å²) in [6.07, 6.45) is 1.70. The highest BCUT2D eigenvalue weighted by molar-refractivity contribution is 5.94. The number of hydrazine groups is 1. The minimum absolute atomic E-state index is 0.125. The lowest BCUT2D eigenvalue weighted by Gasteiger charge is -2.06. The van der Waals surface area contributed by atoms with E-state index in [1.807, 2.05) is 13.1 Å². The Morgan fingerprint density at radius 2 is 2.06 bits per heavy atom. The van der Waals surface area contributed by atoms with Crippen molar-refractivity contribution in [2.75, 3.05) is 5.43 Å². The van der Waals surface area contributed by atoms with Gasteiger partial charge in [0.2, 0.25) is 0 Å². The van der Waals surface area contributed by atoms with E-state index in [0.717, 1.165) is 11.4 Å². The van der Waals surface area contributed by atoms with E-state index in [1.54, 1.807) is 35.1 Å². The molecule has 0 bridgehead atoms. The number of nitrogens with two attached hydrogens (primary N) is 1. The summed E-state index contributed by atoms with van der Waals surface area (Å²) in [6.45, 7) is 0.451. The van der Waals surface area contributed by atoms with Gasteiger partial charge in [-0.05, 0) is 30.3 Å². The van der Waals surface area contributed by atoms with Gasteiger partial charge in [0.15, 0.2) is 0 Å². The SMILES string of the molecule is Cn1nccc1CNC(=O)c1ccc(NN)cc1. The Hall–Kier alpha value is -2.34. The van der Waals surface area contributed by atoms with Gasteiger partial charge in [-0.25, -0.2) is 0 Å². The molecule has 6 nitrogen and oxygen atoms in total. The summed E-state index contributed by atoms with van der Waals surface area (Å²) in [5.74, 6) is 5.13. The van der Waals surface area contributed by atoms with Gasteiger partial charge in [0.1, 0.15) is 0 Å². The van der Waals surface area contributed by atoms with E-state index in [4.69, 9.17) is 5.84 Å². The van der Waals surface area contributed by atoms with Gasteiger partial charge in [0.25, 0.3) is 5.91 Å². The number of carbonyl (C=O) groups is 1. The highest BCUT2D eigenvalue weighted by Crippen LogP contribution is 2.08. The summed E-state index contributed by atoms with van der Waals surface area (Å²) >= 11 is 0. The Morgan fingerprint density at radius 3 is 2.61 bits per heavy atom. The molecule has 1 amide bonds. The summed E-state index contributed by atoms with van der Waals surface area (Å²) in [5, 5.41) is 6.86. The Kier molecular flexibility index (Phi) is 3.59. The zero-order valence-electron chi connectivity index (χ0n) is 10.1. The van der Waals surface area contributed by atoms with E-state index < -0.39 is 0 Å². The standard InChI is InChI=1S/C12H15N5O/c1-17-11(6-7-15-17)8-14-12(18)9-2-4-10(16-13)5-3-9/h2-7,16H,8,13H2,1H3,(H,14,18). The number of amides is 1. The van der Waals surface area contributed by atoms with Gasteiger partial charge in [-0.15, -0.1) is 0 Å². The van der Waals surface area contributed by atoms with Crippen LogP contribution in [0.2, 0.25) is 0 Å². The molecule has 0 radical (unpaired) electrons. The molecule has 0 atom stereocenters. The number of hydrogen-bond acceptors (Lipinski definition) is 4. The van der Waals surface area contributed by atoms with Crippen molar-refractivity contribution in [1.29, 1.82) is 0 Å². The van der Waals surface area contributed by atoms with Crippen molar-refractivity contribution in [3.63, 3.8) is 0 Å². The van der Waals surface area contributed by atoms with Crippen LogP contribution >= 0.6 is 0 Å². The maximum absolute atomic E-state index is 11.9. The van der Waals surface area contributed by atoms with E-state index in [9.17, 15) is 4.79 Å². The third-order valence-electron chi connectivity index (χ3n) is 2.67. The van der Waals surface area contributed by atoms with Crippen LogP contribution in [0, 0.1) is 0 Å². The van der Waals surface area contributed by atoms with Crippen molar-refractivity contribution < 1.29 is 4.79 Å². The normalized spacial score (nSPS) is 10.1. The largest absolute Gasteiger partial charge is 0.346 e. The first kappa shape index (κ1) is 12.1. The molecule has 2 rings (SSSR count). The number of nitrogens with zero attached hydrogens (tertiary/aromatic N) is 2. The lowest BCUT2D eigenvalue weighted by Crippen LogP contribution is -2.24. The van der Waals surface area contributed by atoms with Crippen molar-refractivity contribution in [1.82, 2.24) is 15.1 Å². The average Bonchev–Trinajstić information content (AvgIpc) is 2.81. The number of carbonyl (C=O) groups excluding carboxylic acids is 1. The fourth-order valence-electron chi connectivity index (χ4n) is 1.57. The highest BCUT2D eigenvalue weighted by Gasteiger charge is 2.06. The van der Waals surface area contributed by atoms with Crippen LogP contribution in [-0.4, -0.2) is 15.7 Å². The molecule has 94 valence electrons. The minimum atomic E-state index is -0.125. The number of nitrogens with one attached hydrogen (secondary N) is 2. The van der Waals surface area contributed by atoms with Crippen molar-refractivity contribution in [2.24, 2.45) is 12.9 Å². The monoisotopic (exact) mass is 245 g/mol. The van der Waals surface area contributed by atoms with Gasteiger partial charge >= 0.3 is 0 Å². The molecule has 18 heavy (non-hydrogen) atoms. The predicted molar refractivity (Wildman–Crippen MR) is 68.6 cm³/mol. The fraction of sp³-hybridized carbons (Fsp3) is 0.167. The average molecular weight is 245 g/mol. The summed E-state index contributed by atoms with van der Waals surface area (Å²) < 4.78 is 1.72. The third-order valence-corrected chi connectivity index (χ3v) is 2.67. The maximum atomic E-state index is 11.9. The van der Waals surface area contributed by atoms with Crippen LogP contribution in [0.5, 0.6) is 0 Å². The van der Waals surface area contributed by atoms with E-state index in [2.05, 4.69) is 15.8 Å². The molecule has 0 spiro atoms. The van der Waals surface area contributed by atoms with Crippen molar-refractivity contribution in [3.05, 3.63) is 47.8 Å². The van der Waals surface area contributed by atoms with Crippen LogP contribution in [0.15, 0.2) is 36.5 Å². The molecule has 0 fully saturated rings. The molecule has 0 aliphatic heterocycles. The number of hydrogen-bond donors (Lipinski definition) is 3. The van der Waals surface area contributed by atoms with Crippen LogP contribution < -0.4 is 16.6 Å². The Balaban J connectivity index is 1.97. The van der Waals surface area contributed by atoms with Crippen LogP contribution in [-0.2, 0) is 13.6 Å². The van der Waals surface area contributed by atoms with Crippen molar-refractivity contribution >= 4 is 11.6 Å². The molecule has 4 N–H and O–H groups in total. The Labute approximate surface area is 105 Å². The van der Waals surface area contributed by atoms with Crippen LogP contribution in [0.3, 0.4) is 0 Å². The first-order chi connectivity index (χ1) is 8.70. The van der Waals surface area contributed by atoms with Gasteiger partial charge in [0, 0.05) is 24.5 Å². The van der Waals surface area contributed by atoms with Crippen LogP contribution in [0.25, 0.3) is 0 Å². The lowest BCUT2D eigenvalue weighted by molar-refractivity contribution is 0.0950. The molecule has 0 aliphatic rings. The smallest absolute Gasteiger partial charge is 0.251 e. The number of nitrogen functional groups attached to an aromatic ring is 1. The molecule has 6 heteroatoms. The van der Waals surface area contributed by atoms with E-state index >= 15 is 0 Å². The molecular formula is C12H15N5O. The second-order valence-electron chi connectivity index (χ2n) is 3.85. The summed E-state index contributed by atoms with van der Waals surface area (Å²) in [4.78, 5) is 11.9. The van der Waals surface area contributed by atoms with E-state index in [-0.39, 0.29) is 5.91 Å². The topological polar surface area (TPSA) is 85.0 Å². The van der Waals surface area contributed by atoms with E-state index in [1.165, 1.54) is 0 Å². The summed E-state index contributed by atoms with van der Waals surface area (Å²) in [6, 6.07) is 8.79. The molecule has 2 aromatic rings. The zero-order chi connectivity index (χ0) is 13.0. The lowest BCUT2D eigenvalue weighted by atomic mass is 10.2.